The van der Waals surface area contributed by atoms with Gasteiger partial charge in [-0.25, -0.2) is 0 Å². The summed E-state index contributed by atoms with van der Waals surface area (Å²) in [4.78, 5) is 13.8. The standard InChI is InChI=1S/C19H31N3O3S2/c1-21(17-8-3-2-4-9-17)27(24,25)22-13-5-7-16(15-22)19(23)20-12-11-18-10-6-14-26-18/h6,10,14,16-17H,2-5,7-9,11-13,15H2,1H3,(H,20,23). The maximum absolute atomic E-state index is 13.0. The highest BCUT2D eigenvalue weighted by molar-refractivity contribution is 7.86. The van der Waals surface area contributed by atoms with Crippen molar-refractivity contribution in [2.24, 2.45) is 5.92 Å². The van der Waals surface area contributed by atoms with Crippen molar-refractivity contribution < 1.29 is 13.2 Å². The van der Waals surface area contributed by atoms with E-state index in [1.54, 1.807) is 22.7 Å². The van der Waals surface area contributed by atoms with E-state index in [0.717, 1.165) is 44.9 Å². The third-order valence-corrected chi connectivity index (χ3v) is 8.73. The molecule has 2 aliphatic rings. The number of hydrogen-bond acceptors (Lipinski definition) is 4. The summed E-state index contributed by atoms with van der Waals surface area (Å²) in [6.45, 7) is 1.41. The quantitative estimate of drug-likeness (QED) is 0.747. The molecule has 1 amide bonds. The van der Waals surface area contributed by atoms with Gasteiger partial charge in [0.15, 0.2) is 0 Å². The molecule has 1 saturated heterocycles. The van der Waals surface area contributed by atoms with Crippen LogP contribution in [0.3, 0.4) is 0 Å². The topological polar surface area (TPSA) is 69.7 Å². The molecule has 0 radical (unpaired) electrons. The first kappa shape index (κ1) is 20.8. The average molecular weight is 414 g/mol. The lowest BCUT2D eigenvalue weighted by molar-refractivity contribution is -0.126. The van der Waals surface area contributed by atoms with Crippen LogP contribution in [0.25, 0.3) is 0 Å². The van der Waals surface area contributed by atoms with Crippen molar-refractivity contribution in [2.45, 2.75) is 57.4 Å². The Labute approximate surface area is 167 Å². The maximum Gasteiger partial charge on any atom is 0.281 e. The molecule has 0 bridgehead atoms. The van der Waals surface area contributed by atoms with Crippen molar-refractivity contribution in [1.29, 1.82) is 0 Å². The van der Waals surface area contributed by atoms with Gasteiger partial charge >= 0.3 is 0 Å². The Morgan fingerprint density at radius 1 is 1.26 bits per heavy atom. The molecule has 27 heavy (non-hydrogen) atoms. The van der Waals surface area contributed by atoms with E-state index in [1.807, 2.05) is 11.4 Å². The largest absolute Gasteiger partial charge is 0.355 e. The Hall–Kier alpha value is -0.960. The second kappa shape index (κ2) is 9.49. The molecule has 2 fully saturated rings. The Morgan fingerprint density at radius 2 is 2.04 bits per heavy atom. The first-order valence-electron chi connectivity index (χ1n) is 10.0. The van der Waals surface area contributed by atoms with Gasteiger partial charge < -0.3 is 5.32 Å². The normalized spacial score (nSPS) is 22.8. The van der Waals surface area contributed by atoms with Gasteiger partial charge in [-0.2, -0.15) is 17.0 Å². The predicted molar refractivity (Wildman–Crippen MR) is 109 cm³/mol. The lowest BCUT2D eigenvalue weighted by Gasteiger charge is -2.37. The SMILES string of the molecule is CN(C1CCCCC1)S(=O)(=O)N1CCCC(C(=O)NCCc2cccs2)C1. The van der Waals surface area contributed by atoms with Crippen molar-refractivity contribution in [3.05, 3.63) is 22.4 Å². The summed E-state index contributed by atoms with van der Waals surface area (Å²) in [5.41, 5.74) is 0. The lowest BCUT2D eigenvalue weighted by Crippen LogP contribution is -2.52. The van der Waals surface area contributed by atoms with Crippen molar-refractivity contribution in [2.75, 3.05) is 26.7 Å². The first-order chi connectivity index (χ1) is 13.0. The molecule has 3 rings (SSSR count). The van der Waals surface area contributed by atoms with Crippen molar-refractivity contribution >= 4 is 27.5 Å². The van der Waals surface area contributed by atoms with Crippen LogP contribution in [0.5, 0.6) is 0 Å². The molecular weight excluding hydrogens is 382 g/mol. The summed E-state index contributed by atoms with van der Waals surface area (Å²) in [6.07, 6.45) is 7.58. The zero-order valence-corrected chi connectivity index (χ0v) is 17.7. The number of carbonyl (C=O) groups is 1. The van der Waals surface area contributed by atoms with E-state index >= 15 is 0 Å². The molecule has 0 spiro atoms. The van der Waals surface area contributed by atoms with Gasteiger partial charge in [-0.1, -0.05) is 25.3 Å². The van der Waals surface area contributed by atoms with Crippen LogP contribution in [0, 0.1) is 5.92 Å². The van der Waals surface area contributed by atoms with E-state index in [-0.39, 0.29) is 17.9 Å². The average Bonchev–Trinajstić information content (AvgIpc) is 3.21. The predicted octanol–water partition coefficient (Wildman–Crippen LogP) is 2.63. The van der Waals surface area contributed by atoms with E-state index in [0.29, 0.717) is 19.6 Å². The van der Waals surface area contributed by atoms with Gasteiger partial charge in [0, 0.05) is 37.6 Å². The van der Waals surface area contributed by atoms with Crippen molar-refractivity contribution in [1.82, 2.24) is 13.9 Å². The molecule has 1 aliphatic heterocycles. The zero-order valence-electron chi connectivity index (χ0n) is 16.1. The Bertz CT molecular complexity index is 700. The van der Waals surface area contributed by atoms with Crippen molar-refractivity contribution in [3.8, 4) is 0 Å². The van der Waals surface area contributed by atoms with Gasteiger partial charge in [-0.3, -0.25) is 4.79 Å². The molecule has 1 aliphatic carbocycles. The highest BCUT2D eigenvalue weighted by Gasteiger charge is 2.37. The second-order valence-corrected chi connectivity index (χ2v) is 10.7. The van der Waals surface area contributed by atoms with Crippen LogP contribution in [-0.4, -0.2) is 55.7 Å². The van der Waals surface area contributed by atoms with Gasteiger partial charge in [0.2, 0.25) is 5.91 Å². The number of nitrogens with one attached hydrogen (secondary N) is 1. The highest BCUT2D eigenvalue weighted by Crippen LogP contribution is 2.27. The second-order valence-electron chi connectivity index (χ2n) is 7.63. The summed E-state index contributed by atoms with van der Waals surface area (Å²) in [6, 6.07) is 4.17. The summed E-state index contributed by atoms with van der Waals surface area (Å²) >= 11 is 1.69. The molecule has 8 heteroatoms. The van der Waals surface area contributed by atoms with Crippen LogP contribution in [0.1, 0.15) is 49.8 Å². The molecule has 6 nitrogen and oxygen atoms in total. The third kappa shape index (κ3) is 5.31. The fourth-order valence-electron chi connectivity index (χ4n) is 4.09. The molecule has 1 unspecified atom stereocenters. The Balaban J connectivity index is 1.53. The molecule has 152 valence electrons. The summed E-state index contributed by atoms with van der Waals surface area (Å²) in [5.74, 6) is -0.275. The summed E-state index contributed by atoms with van der Waals surface area (Å²) in [5, 5.41) is 5.02. The van der Waals surface area contributed by atoms with Gasteiger partial charge in [0.1, 0.15) is 0 Å². The molecular formula is C19H31N3O3S2. The summed E-state index contributed by atoms with van der Waals surface area (Å²) < 4.78 is 29.2. The van der Waals surface area contributed by atoms with Crippen LogP contribution in [0.4, 0.5) is 0 Å². The van der Waals surface area contributed by atoms with E-state index in [2.05, 4.69) is 11.4 Å². The molecule has 1 aromatic heterocycles. The van der Waals surface area contributed by atoms with E-state index in [1.165, 1.54) is 15.6 Å². The van der Waals surface area contributed by atoms with Crippen LogP contribution in [0.15, 0.2) is 17.5 Å². The van der Waals surface area contributed by atoms with Crippen molar-refractivity contribution in [3.63, 3.8) is 0 Å². The maximum atomic E-state index is 13.0. The smallest absolute Gasteiger partial charge is 0.281 e. The minimum absolute atomic E-state index is 0.0215. The van der Waals surface area contributed by atoms with Crippen LogP contribution in [0.2, 0.25) is 0 Å². The molecule has 0 aromatic carbocycles. The van der Waals surface area contributed by atoms with Gasteiger partial charge in [0.25, 0.3) is 10.2 Å². The number of thiophene rings is 1. The van der Waals surface area contributed by atoms with Crippen LogP contribution >= 0.6 is 11.3 Å². The molecule has 1 aromatic rings. The number of nitrogens with zero attached hydrogens (tertiary/aromatic N) is 2. The minimum atomic E-state index is -3.50. The van der Waals surface area contributed by atoms with E-state index in [9.17, 15) is 13.2 Å². The summed E-state index contributed by atoms with van der Waals surface area (Å²) in [7, 11) is -1.79. The highest BCUT2D eigenvalue weighted by atomic mass is 32.2. The Kier molecular flexibility index (Phi) is 7.30. The molecule has 1 N–H and O–H groups in total. The first-order valence-corrected chi connectivity index (χ1v) is 12.3. The number of amides is 1. The van der Waals surface area contributed by atoms with E-state index < -0.39 is 10.2 Å². The number of hydrogen-bond donors (Lipinski definition) is 1. The fourth-order valence-corrected chi connectivity index (χ4v) is 6.48. The minimum Gasteiger partial charge on any atom is -0.355 e. The molecule has 1 saturated carbocycles. The van der Waals surface area contributed by atoms with Gasteiger partial charge in [0.05, 0.1) is 5.92 Å². The zero-order chi connectivity index (χ0) is 19.3. The lowest BCUT2D eigenvalue weighted by atomic mass is 9.96. The number of piperidine rings is 1. The third-order valence-electron chi connectivity index (χ3n) is 5.78. The van der Waals surface area contributed by atoms with Gasteiger partial charge in [-0.05, 0) is 43.6 Å². The van der Waals surface area contributed by atoms with E-state index in [4.69, 9.17) is 0 Å². The monoisotopic (exact) mass is 413 g/mol. The number of carbonyl (C=O) groups excluding carboxylic acids is 1. The van der Waals surface area contributed by atoms with Crippen LogP contribution < -0.4 is 5.32 Å². The fraction of sp³-hybridized carbons (Fsp3) is 0.737. The Morgan fingerprint density at radius 3 is 2.74 bits per heavy atom. The van der Waals surface area contributed by atoms with Gasteiger partial charge in [-0.15, -0.1) is 11.3 Å². The number of rotatable bonds is 7. The molecule has 1 atom stereocenters. The van der Waals surface area contributed by atoms with Crippen LogP contribution in [-0.2, 0) is 21.4 Å². The molecule has 2 heterocycles.